The Morgan fingerprint density at radius 3 is 1.56 bits per heavy atom. The van der Waals surface area contributed by atoms with Crippen LogP contribution in [0.25, 0.3) is 0 Å². The maximum absolute atomic E-state index is 12.9. The molecule has 2 nitrogen and oxygen atoms in total. The topological polar surface area (TPSA) is 40.5 Å². The average molecular weight is 286 g/mol. The zero-order valence-corrected chi connectivity index (χ0v) is 9.37. The summed E-state index contributed by atoms with van der Waals surface area (Å²) >= 11 is 0. The third-order valence-corrected chi connectivity index (χ3v) is 2.35. The van der Waals surface area contributed by atoms with Crippen LogP contribution in [0.2, 0.25) is 0 Å². The molecular weight excluding hydrogens is 273 g/mol. The van der Waals surface area contributed by atoms with E-state index in [1.807, 2.05) is 0 Å². The van der Waals surface area contributed by atoms with Gasteiger partial charge < -0.3 is 10.2 Å². The smallest absolute Gasteiger partial charge is 0.335 e. The summed E-state index contributed by atoms with van der Waals surface area (Å²) in [6.07, 6.45) is -1.62. The van der Waals surface area contributed by atoms with Crippen LogP contribution < -0.4 is 0 Å². The van der Waals surface area contributed by atoms with Crippen LogP contribution in [0.15, 0.2) is 0 Å². The van der Waals surface area contributed by atoms with Gasteiger partial charge in [-0.15, -0.1) is 0 Å². The summed E-state index contributed by atoms with van der Waals surface area (Å²) in [4.78, 5) is 0. The lowest BCUT2D eigenvalue weighted by Crippen LogP contribution is -2.63. The van der Waals surface area contributed by atoms with Gasteiger partial charge in [-0.25, -0.2) is 0 Å². The second-order valence-corrected chi connectivity index (χ2v) is 3.90. The van der Waals surface area contributed by atoms with Crippen LogP contribution >= 0.6 is 0 Å². The van der Waals surface area contributed by atoms with Crippen molar-refractivity contribution in [3.8, 4) is 0 Å². The van der Waals surface area contributed by atoms with E-state index >= 15 is 0 Å². The van der Waals surface area contributed by atoms with Crippen LogP contribution in [-0.2, 0) is 0 Å². The van der Waals surface area contributed by atoms with Crippen molar-refractivity contribution in [2.75, 3.05) is 0 Å². The van der Waals surface area contributed by atoms with Gasteiger partial charge in [0.2, 0.25) is 0 Å². The molecule has 0 saturated heterocycles. The van der Waals surface area contributed by atoms with Gasteiger partial charge in [-0.3, -0.25) is 0 Å². The molecule has 0 aromatic rings. The lowest BCUT2D eigenvalue weighted by Gasteiger charge is -2.35. The van der Waals surface area contributed by atoms with E-state index in [0.29, 0.717) is 6.42 Å². The van der Waals surface area contributed by atoms with E-state index in [-0.39, 0.29) is 6.42 Å². The Bertz CT molecular complexity index is 273. The Morgan fingerprint density at radius 1 is 0.778 bits per heavy atom. The first kappa shape index (κ1) is 17.4. The molecule has 110 valence electrons. The molecule has 0 aromatic heterocycles. The van der Waals surface area contributed by atoms with E-state index in [0.717, 1.165) is 0 Å². The lowest BCUT2D eigenvalue weighted by atomic mass is 9.98. The summed E-state index contributed by atoms with van der Waals surface area (Å²) in [5.41, 5.74) is 0. The van der Waals surface area contributed by atoms with Gasteiger partial charge in [0.05, 0.1) is 0 Å². The number of aliphatic hydroxyl groups is 2. The Hall–Kier alpha value is -0.570. The Balaban J connectivity index is 5.11. The fraction of sp³-hybridized carbons (Fsp3) is 1.00. The second kappa shape index (κ2) is 5.20. The summed E-state index contributed by atoms with van der Waals surface area (Å²) in [5, 5.41) is 15.7. The van der Waals surface area contributed by atoms with Gasteiger partial charge in [0, 0.05) is 6.42 Å². The van der Waals surface area contributed by atoms with Crippen molar-refractivity contribution < 1.29 is 40.9 Å². The third kappa shape index (κ3) is 3.05. The summed E-state index contributed by atoms with van der Waals surface area (Å²) < 4.78 is 88.9. The van der Waals surface area contributed by atoms with Crippen molar-refractivity contribution in [3.63, 3.8) is 0 Å². The highest BCUT2D eigenvalue weighted by molar-refractivity contribution is 4.99. The number of alkyl halides is 7. The summed E-state index contributed by atoms with van der Waals surface area (Å²) in [7, 11) is 0. The van der Waals surface area contributed by atoms with Crippen LogP contribution in [0.5, 0.6) is 0 Å². The summed E-state index contributed by atoms with van der Waals surface area (Å²) in [6.45, 7) is 1.57. The lowest BCUT2D eigenvalue weighted by molar-refractivity contribution is -0.440. The predicted molar refractivity (Wildman–Crippen MR) is 47.3 cm³/mol. The SMILES string of the molecule is CCCCCC(F)(F)C(F)(F)C(F)(F)C(O)(O)F. The van der Waals surface area contributed by atoms with E-state index in [4.69, 9.17) is 10.2 Å². The van der Waals surface area contributed by atoms with Crippen LogP contribution in [0.3, 0.4) is 0 Å². The van der Waals surface area contributed by atoms with Crippen molar-refractivity contribution >= 4 is 0 Å². The van der Waals surface area contributed by atoms with E-state index in [1.165, 1.54) is 0 Å². The van der Waals surface area contributed by atoms with Crippen LogP contribution in [0.1, 0.15) is 32.6 Å². The van der Waals surface area contributed by atoms with Gasteiger partial charge in [-0.2, -0.15) is 30.7 Å². The molecule has 18 heavy (non-hydrogen) atoms. The van der Waals surface area contributed by atoms with Gasteiger partial charge in [0.1, 0.15) is 0 Å². The quantitative estimate of drug-likeness (QED) is 0.429. The monoisotopic (exact) mass is 286 g/mol. The van der Waals surface area contributed by atoms with Crippen molar-refractivity contribution in [1.82, 2.24) is 0 Å². The third-order valence-electron chi connectivity index (χ3n) is 2.35. The van der Waals surface area contributed by atoms with Crippen LogP contribution in [0, 0.1) is 0 Å². The molecule has 0 rings (SSSR count). The number of halogens is 7. The molecule has 0 aromatic carbocycles. The standard InChI is InChI=1S/C9H13F7O2/c1-2-3-4-5-6(10,11)7(12,13)8(14,15)9(16,17)18/h17-18H,2-5H2,1H3. The summed E-state index contributed by atoms with van der Waals surface area (Å²) in [5.74, 6) is -17.8. The van der Waals surface area contributed by atoms with Crippen LogP contribution in [-0.4, -0.2) is 34.0 Å². The molecule has 0 aliphatic carbocycles. The van der Waals surface area contributed by atoms with E-state index in [1.54, 1.807) is 6.92 Å². The van der Waals surface area contributed by atoms with E-state index < -0.39 is 36.7 Å². The van der Waals surface area contributed by atoms with E-state index in [9.17, 15) is 30.7 Å². The fourth-order valence-corrected chi connectivity index (χ4v) is 1.18. The molecule has 0 saturated carbocycles. The highest BCUT2D eigenvalue weighted by atomic mass is 19.3. The minimum Gasteiger partial charge on any atom is -0.335 e. The Kier molecular flexibility index (Phi) is 5.03. The first-order valence-electron chi connectivity index (χ1n) is 5.08. The Morgan fingerprint density at radius 2 is 1.22 bits per heavy atom. The fourth-order valence-electron chi connectivity index (χ4n) is 1.18. The second-order valence-electron chi connectivity index (χ2n) is 3.90. The molecule has 0 atom stereocenters. The normalized spacial score (nSPS) is 15.0. The maximum atomic E-state index is 12.9. The predicted octanol–water partition coefficient (Wildman–Crippen LogP) is 3.08. The van der Waals surface area contributed by atoms with Gasteiger partial charge in [-0.1, -0.05) is 19.8 Å². The summed E-state index contributed by atoms with van der Waals surface area (Å²) in [6, 6.07) is -5.73. The maximum Gasteiger partial charge on any atom is 0.399 e. The van der Waals surface area contributed by atoms with Gasteiger partial charge in [-0.05, 0) is 6.42 Å². The largest absolute Gasteiger partial charge is 0.399 e. The highest BCUT2D eigenvalue weighted by Crippen LogP contribution is 2.51. The number of unbranched alkanes of at least 4 members (excludes halogenated alkanes) is 2. The number of rotatable bonds is 7. The molecule has 2 N–H and O–H groups in total. The van der Waals surface area contributed by atoms with Gasteiger partial charge in [0.25, 0.3) is 0 Å². The molecule has 0 heterocycles. The number of hydrogen-bond acceptors (Lipinski definition) is 2. The number of hydrogen-bond donors (Lipinski definition) is 2. The molecule has 0 bridgehead atoms. The van der Waals surface area contributed by atoms with Gasteiger partial charge >= 0.3 is 23.8 Å². The van der Waals surface area contributed by atoms with Crippen molar-refractivity contribution in [1.29, 1.82) is 0 Å². The molecule has 0 radical (unpaired) electrons. The molecule has 0 fully saturated rings. The molecule has 0 spiro atoms. The van der Waals surface area contributed by atoms with Crippen molar-refractivity contribution in [3.05, 3.63) is 0 Å². The van der Waals surface area contributed by atoms with E-state index in [2.05, 4.69) is 0 Å². The van der Waals surface area contributed by atoms with Crippen molar-refractivity contribution in [2.45, 2.75) is 56.4 Å². The molecule has 0 amide bonds. The highest BCUT2D eigenvalue weighted by Gasteiger charge is 2.79. The average Bonchev–Trinajstić information content (AvgIpc) is 2.15. The molecule has 0 aliphatic heterocycles. The first-order valence-corrected chi connectivity index (χ1v) is 5.08. The van der Waals surface area contributed by atoms with Gasteiger partial charge in [0.15, 0.2) is 0 Å². The Labute approximate surface area is 98.4 Å². The minimum atomic E-state index is -6.32. The molecule has 0 aliphatic rings. The first-order chi connectivity index (χ1) is 7.81. The zero-order chi connectivity index (χ0) is 14.8. The molecular formula is C9H13F7O2. The molecule has 0 unspecified atom stereocenters. The van der Waals surface area contributed by atoms with Crippen molar-refractivity contribution in [2.24, 2.45) is 0 Å². The zero-order valence-electron chi connectivity index (χ0n) is 9.37. The minimum absolute atomic E-state index is 0.0935. The molecule has 9 heteroatoms. The van der Waals surface area contributed by atoms with Crippen LogP contribution in [0.4, 0.5) is 30.7 Å².